The minimum absolute atomic E-state index is 0.112. The zero-order chi connectivity index (χ0) is 27.4. The van der Waals surface area contributed by atoms with Gasteiger partial charge in [-0.25, -0.2) is 19.1 Å². The summed E-state index contributed by atoms with van der Waals surface area (Å²) in [6.07, 6.45) is -3.34. The molecule has 2 amide bonds. The Morgan fingerprint density at radius 3 is 2.41 bits per heavy atom. The molecule has 0 aliphatic rings. The summed E-state index contributed by atoms with van der Waals surface area (Å²) >= 11 is 0. The van der Waals surface area contributed by atoms with Crippen molar-refractivity contribution >= 4 is 17.5 Å². The van der Waals surface area contributed by atoms with Crippen LogP contribution in [0.2, 0.25) is 0 Å². The number of alkyl halides is 3. The smallest absolute Gasteiger partial charge is 0.496 e. The molecule has 2 N–H and O–H groups in total. The van der Waals surface area contributed by atoms with Crippen molar-refractivity contribution in [1.82, 2.24) is 25.1 Å². The minimum atomic E-state index is -4.77. The van der Waals surface area contributed by atoms with Crippen LogP contribution in [0.15, 0.2) is 83.8 Å². The van der Waals surface area contributed by atoms with Gasteiger partial charge in [0.2, 0.25) is 5.82 Å². The van der Waals surface area contributed by atoms with Crippen molar-refractivity contribution < 1.29 is 32.1 Å². The molecule has 5 aromatic rings. The number of methoxy groups -OCH3 is 1. The lowest BCUT2D eigenvalue weighted by Crippen LogP contribution is -2.20. The largest absolute Gasteiger partial charge is 0.573 e. The highest BCUT2D eigenvalue weighted by atomic mass is 19.4. The molecule has 198 valence electrons. The van der Waals surface area contributed by atoms with E-state index in [0.717, 1.165) is 0 Å². The number of rotatable bonds is 7. The lowest BCUT2D eigenvalue weighted by Gasteiger charge is -2.09. The lowest BCUT2D eigenvalue weighted by atomic mass is 10.1. The first kappa shape index (κ1) is 25.3. The number of carbonyl (C=O) groups excluding carboxylic acids is 1. The molecule has 0 aliphatic heterocycles. The van der Waals surface area contributed by atoms with Crippen molar-refractivity contribution in [3.8, 4) is 39.8 Å². The number of nitrogens with zero attached hydrogens (tertiary/aromatic N) is 5. The van der Waals surface area contributed by atoms with Gasteiger partial charge in [0.25, 0.3) is 0 Å². The molecular weight excluding hydrogens is 519 g/mol. The van der Waals surface area contributed by atoms with Crippen molar-refractivity contribution in [3.05, 3.63) is 79.1 Å². The number of amides is 2. The molecule has 2 heterocycles. The van der Waals surface area contributed by atoms with Gasteiger partial charge in [0.1, 0.15) is 17.8 Å². The number of benzene rings is 3. The fraction of sp³-hybridized carbons (Fsp3) is 0.0800. The number of carbonyl (C=O) groups is 1. The van der Waals surface area contributed by atoms with Gasteiger partial charge in [-0.1, -0.05) is 12.1 Å². The fourth-order valence-corrected chi connectivity index (χ4v) is 3.58. The lowest BCUT2D eigenvalue weighted by molar-refractivity contribution is -0.274. The standard InChI is InChI=1S/C25H18F3N7O4/c1-37-20-5-3-2-4-19(20)21-23(34-39-33-21)31-24(36)30-16-8-6-15(7-9-16)22-29-14-35(32-22)17-10-12-18(13-11-17)38-25(26,27)28/h2-14H,1H3,(H2,30,31,34,36). The molecule has 3 aromatic carbocycles. The highest BCUT2D eigenvalue weighted by molar-refractivity contribution is 6.01. The Kier molecular flexibility index (Phi) is 6.82. The Hall–Kier alpha value is -5.40. The topological polar surface area (TPSA) is 129 Å². The van der Waals surface area contributed by atoms with E-state index in [-0.39, 0.29) is 11.6 Å². The molecule has 0 atom stereocenters. The molecule has 0 aliphatic carbocycles. The van der Waals surface area contributed by atoms with Crippen LogP contribution in [0.5, 0.6) is 11.5 Å². The summed E-state index contributed by atoms with van der Waals surface area (Å²) in [5.41, 5.74) is 2.52. The van der Waals surface area contributed by atoms with E-state index in [1.807, 2.05) is 0 Å². The zero-order valence-electron chi connectivity index (χ0n) is 20.0. The second kappa shape index (κ2) is 10.5. The molecule has 0 bridgehead atoms. The van der Waals surface area contributed by atoms with E-state index in [4.69, 9.17) is 9.37 Å². The number of anilines is 2. The van der Waals surface area contributed by atoms with Crippen molar-refractivity contribution in [2.24, 2.45) is 0 Å². The predicted molar refractivity (Wildman–Crippen MR) is 132 cm³/mol. The van der Waals surface area contributed by atoms with Crippen LogP contribution in [-0.2, 0) is 0 Å². The Morgan fingerprint density at radius 2 is 1.69 bits per heavy atom. The minimum Gasteiger partial charge on any atom is -0.496 e. The third-order valence-corrected chi connectivity index (χ3v) is 5.31. The van der Waals surface area contributed by atoms with E-state index in [1.165, 1.54) is 42.4 Å². The maximum absolute atomic E-state index is 12.6. The maximum Gasteiger partial charge on any atom is 0.573 e. The second-order valence-corrected chi connectivity index (χ2v) is 7.87. The van der Waals surface area contributed by atoms with E-state index < -0.39 is 12.4 Å². The molecule has 2 aromatic heterocycles. The summed E-state index contributed by atoms with van der Waals surface area (Å²) in [5.74, 6) is 0.684. The molecule has 11 nitrogen and oxygen atoms in total. The Balaban J connectivity index is 1.23. The number of aromatic nitrogens is 5. The normalized spacial score (nSPS) is 11.2. The highest BCUT2D eigenvalue weighted by Gasteiger charge is 2.31. The third kappa shape index (κ3) is 5.95. The van der Waals surface area contributed by atoms with E-state index >= 15 is 0 Å². The van der Waals surface area contributed by atoms with E-state index in [9.17, 15) is 18.0 Å². The fourth-order valence-electron chi connectivity index (χ4n) is 3.58. The molecular formula is C25H18F3N7O4. The summed E-state index contributed by atoms with van der Waals surface area (Å²) in [7, 11) is 1.52. The van der Waals surface area contributed by atoms with Gasteiger partial charge in [-0.3, -0.25) is 5.32 Å². The van der Waals surface area contributed by atoms with E-state index in [2.05, 4.69) is 35.8 Å². The van der Waals surface area contributed by atoms with Crippen LogP contribution in [0.3, 0.4) is 0 Å². The number of hydrogen-bond acceptors (Lipinski definition) is 8. The molecule has 0 fully saturated rings. The van der Waals surface area contributed by atoms with Gasteiger partial charge in [0.05, 0.1) is 12.8 Å². The monoisotopic (exact) mass is 537 g/mol. The van der Waals surface area contributed by atoms with Crippen molar-refractivity contribution in [2.75, 3.05) is 17.7 Å². The average Bonchev–Trinajstić information content (AvgIpc) is 3.59. The Labute approximate surface area is 218 Å². The highest BCUT2D eigenvalue weighted by Crippen LogP contribution is 2.32. The first-order valence-corrected chi connectivity index (χ1v) is 11.2. The van der Waals surface area contributed by atoms with Crippen molar-refractivity contribution in [1.29, 1.82) is 0 Å². The summed E-state index contributed by atoms with van der Waals surface area (Å²) in [4.78, 5) is 16.8. The Bertz CT molecular complexity index is 1580. The second-order valence-electron chi connectivity index (χ2n) is 7.87. The summed E-state index contributed by atoms with van der Waals surface area (Å²) < 4.78 is 52.5. The third-order valence-electron chi connectivity index (χ3n) is 5.31. The predicted octanol–water partition coefficient (Wildman–Crippen LogP) is 5.54. The van der Waals surface area contributed by atoms with E-state index in [0.29, 0.717) is 39.8 Å². The zero-order valence-corrected chi connectivity index (χ0v) is 20.0. The summed E-state index contributed by atoms with van der Waals surface area (Å²) in [5, 5.41) is 17.3. The molecule has 0 radical (unpaired) electrons. The van der Waals surface area contributed by atoms with Gasteiger partial charge < -0.3 is 14.8 Å². The molecule has 39 heavy (non-hydrogen) atoms. The average molecular weight is 537 g/mol. The van der Waals surface area contributed by atoms with Crippen LogP contribution >= 0.6 is 0 Å². The molecule has 0 spiro atoms. The SMILES string of the molecule is COc1ccccc1-c1nonc1NC(=O)Nc1ccc(-c2ncn(-c3ccc(OC(F)(F)F)cc3)n2)cc1. The molecule has 0 unspecified atom stereocenters. The number of para-hydroxylation sites is 1. The first-order chi connectivity index (χ1) is 18.8. The molecule has 0 saturated heterocycles. The van der Waals surface area contributed by atoms with Gasteiger partial charge in [0.15, 0.2) is 11.5 Å². The maximum atomic E-state index is 12.6. The molecule has 0 saturated carbocycles. The van der Waals surface area contributed by atoms with Crippen LogP contribution in [0.1, 0.15) is 0 Å². The van der Waals surface area contributed by atoms with Crippen LogP contribution < -0.4 is 20.1 Å². The number of nitrogens with one attached hydrogen (secondary N) is 2. The van der Waals surface area contributed by atoms with Crippen LogP contribution in [0.4, 0.5) is 29.5 Å². The Morgan fingerprint density at radius 1 is 0.949 bits per heavy atom. The van der Waals surface area contributed by atoms with Crippen LogP contribution in [0, 0.1) is 0 Å². The first-order valence-electron chi connectivity index (χ1n) is 11.2. The van der Waals surface area contributed by atoms with Crippen LogP contribution in [0.25, 0.3) is 28.3 Å². The number of hydrogen-bond donors (Lipinski definition) is 2. The summed E-state index contributed by atoms with van der Waals surface area (Å²) in [6.45, 7) is 0. The molecule has 14 heteroatoms. The van der Waals surface area contributed by atoms with Crippen molar-refractivity contribution in [3.63, 3.8) is 0 Å². The van der Waals surface area contributed by atoms with Crippen molar-refractivity contribution in [2.45, 2.75) is 6.36 Å². The number of halogens is 3. The van der Waals surface area contributed by atoms with Crippen LogP contribution in [-0.4, -0.2) is 44.6 Å². The van der Waals surface area contributed by atoms with E-state index in [1.54, 1.807) is 48.5 Å². The molecule has 5 rings (SSSR count). The quantitative estimate of drug-likeness (QED) is 0.277. The van der Waals surface area contributed by atoms with Gasteiger partial charge in [-0.15, -0.1) is 18.3 Å². The number of ether oxygens (including phenoxy) is 2. The van der Waals surface area contributed by atoms with Gasteiger partial charge in [0, 0.05) is 16.8 Å². The van der Waals surface area contributed by atoms with Gasteiger partial charge in [-0.05, 0) is 71.0 Å². The summed E-state index contributed by atoms with van der Waals surface area (Å²) in [6, 6.07) is 18.5. The van der Waals surface area contributed by atoms with Gasteiger partial charge in [-0.2, -0.15) is 0 Å². The van der Waals surface area contributed by atoms with Gasteiger partial charge >= 0.3 is 12.4 Å². The number of urea groups is 1.